The summed E-state index contributed by atoms with van der Waals surface area (Å²) >= 11 is 5.95. The standard InChI is InChI=1S/C15H17ClF3N5O/c1-23-12(10(16)7-21-23)8-20-14(25)4-5-24-11(9-2-3-9)6-13(22-24)15(17,18)19/h6-7,9H,2-5,8H2,1H3,(H,20,25). The molecule has 0 saturated heterocycles. The van der Waals surface area contributed by atoms with Gasteiger partial charge >= 0.3 is 6.18 Å². The fourth-order valence-electron chi connectivity index (χ4n) is 2.57. The van der Waals surface area contributed by atoms with Crippen LogP contribution in [0.4, 0.5) is 13.2 Å². The Kier molecular flexibility index (Phi) is 4.77. The second kappa shape index (κ2) is 6.70. The highest BCUT2D eigenvalue weighted by atomic mass is 35.5. The zero-order valence-corrected chi connectivity index (χ0v) is 14.2. The minimum atomic E-state index is -4.48. The fraction of sp³-hybridized carbons (Fsp3) is 0.533. The van der Waals surface area contributed by atoms with Gasteiger partial charge in [0, 0.05) is 31.6 Å². The molecule has 1 amide bonds. The first-order chi connectivity index (χ1) is 11.8. The molecule has 1 saturated carbocycles. The van der Waals surface area contributed by atoms with Crippen LogP contribution >= 0.6 is 11.6 Å². The maximum Gasteiger partial charge on any atom is 0.435 e. The van der Waals surface area contributed by atoms with Crippen LogP contribution in [0.3, 0.4) is 0 Å². The minimum Gasteiger partial charge on any atom is -0.350 e. The van der Waals surface area contributed by atoms with E-state index in [-0.39, 0.29) is 31.3 Å². The molecule has 10 heteroatoms. The zero-order chi connectivity index (χ0) is 18.2. The molecule has 3 rings (SSSR count). The Labute approximate surface area is 146 Å². The van der Waals surface area contributed by atoms with Crippen molar-refractivity contribution in [2.45, 2.75) is 44.4 Å². The molecule has 0 spiro atoms. The Morgan fingerprint density at radius 1 is 1.44 bits per heavy atom. The van der Waals surface area contributed by atoms with Crippen LogP contribution in [0.5, 0.6) is 0 Å². The van der Waals surface area contributed by atoms with Gasteiger partial charge in [0.05, 0.1) is 23.5 Å². The smallest absolute Gasteiger partial charge is 0.350 e. The van der Waals surface area contributed by atoms with Gasteiger partial charge in [0.2, 0.25) is 5.91 Å². The van der Waals surface area contributed by atoms with Crippen molar-refractivity contribution in [2.75, 3.05) is 0 Å². The third-order valence-corrected chi connectivity index (χ3v) is 4.43. The first-order valence-corrected chi connectivity index (χ1v) is 8.21. The Morgan fingerprint density at radius 3 is 2.72 bits per heavy atom. The van der Waals surface area contributed by atoms with Crippen molar-refractivity contribution in [3.8, 4) is 0 Å². The van der Waals surface area contributed by atoms with Crippen LogP contribution in [0.25, 0.3) is 0 Å². The summed E-state index contributed by atoms with van der Waals surface area (Å²) in [4.78, 5) is 12.0. The fourth-order valence-corrected chi connectivity index (χ4v) is 2.80. The monoisotopic (exact) mass is 375 g/mol. The Bertz CT molecular complexity index is 759. The highest BCUT2D eigenvalue weighted by Crippen LogP contribution is 2.42. The second-order valence-electron chi connectivity index (χ2n) is 6.04. The van der Waals surface area contributed by atoms with Gasteiger partial charge in [-0.1, -0.05) is 11.6 Å². The molecule has 0 aliphatic heterocycles. The number of rotatable bonds is 6. The van der Waals surface area contributed by atoms with Crippen molar-refractivity contribution in [1.82, 2.24) is 24.9 Å². The lowest BCUT2D eigenvalue weighted by atomic mass is 10.2. The highest BCUT2D eigenvalue weighted by molar-refractivity contribution is 6.31. The van der Waals surface area contributed by atoms with Crippen LogP contribution in [0.2, 0.25) is 5.02 Å². The van der Waals surface area contributed by atoms with E-state index in [1.165, 1.54) is 10.9 Å². The van der Waals surface area contributed by atoms with Crippen LogP contribution in [0.15, 0.2) is 12.3 Å². The molecule has 1 aliphatic rings. The van der Waals surface area contributed by atoms with E-state index in [1.54, 1.807) is 11.7 Å². The molecule has 0 unspecified atom stereocenters. The summed E-state index contributed by atoms with van der Waals surface area (Å²) in [6, 6.07) is 1.09. The van der Waals surface area contributed by atoms with E-state index >= 15 is 0 Å². The van der Waals surface area contributed by atoms with E-state index < -0.39 is 11.9 Å². The largest absolute Gasteiger partial charge is 0.435 e. The molecule has 0 bridgehead atoms. The van der Waals surface area contributed by atoms with Gasteiger partial charge in [-0.15, -0.1) is 0 Å². The molecule has 1 aliphatic carbocycles. The summed E-state index contributed by atoms with van der Waals surface area (Å²) in [5, 5.41) is 10.7. The van der Waals surface area contributed by atoms with Gasteiger partial charge in [-0.3, -0.25) is 14.2 Å². The van der Waals surface area contributed by atoms with Gasteiger partial charge in [0.25, 0.3) is 0 Å². The molecule has 1 fully saturated rings. The lowest BCUT2D eigenvalue weighted by molar-refractivity contribution is -0.141. The van der Waals surface area contributed by atoms with Gasteiger partial charge in [-0.05, 0) is 18.9 Å². The minimum absolute atomic E-state index is 0.0359. The number of aryl methyl sites for hydroxylation is 2. The van der Waals surface area contributed by atoms with Gasteiger partial charge < -0.3 is 5.32 Å². The van der Waals surface area contributed by atoms with Crippen molar-refractivity contribution in [3.05, 3.63) is 34.4 Å². The van der Waals surface area contributed by atoms with Crippen LogP contribution in [0.1, 0.15) is 42.3 Å². The van der Waals surface area contributed by atoms with Crippen molar-refractivity contribution in [3.63, 3.8) is 0 Å². The molecule has 0 radical (unpaired) electrons. The molecule has 2 heterocycles. The average Bonchev–Trinajstić information content (AvgIpc) is 3.20. The van der Waals surface area contributed by atoms with E-state index in [4.69, 9.17) is 11.6 Å². The predicted octanol–water partition coefficient (Wildman–Crippen LogP) is 2.87. The molecule has 2 aromatic heterocycles. The third kappa shape index (κ3) is 4.15. The molecule has 25 heavy (non-hydrogen) atoms. The number of hydrogen-bond donors (Lipinski definition) is 1. The van der Waals surface area contributed by atoms with Crippen molar-refractivity contribution in [1.29, 1.82) is 0 Å². The summed E-state index contributed by atoms with van der Waals surface area (Å²) < 4.78 is 41.4. The van der Waals surface area contributed by atoms with E-state index in [0.29, 0.717) is 16.4 Å². The first-order valence-electron chi connectivity index (χ1n) is 7.83. The summed E-state index contributed by atoms with van der Waals surface area (Å²) in [7, 11) is 1.71. The molecular formula is C15H17ClF3N5O. The van der Waals surface area contributed by atoms with Crippen molar-refractivity contribution < 1.29 is 18.0 Å². The molecule has 136 valence electrons. The maximum absolute atomic E-state index is 12.8. The highest BCUT2D eigenvalue weighted by Gasteiger charge is 2.37. The number of amides is 1. The lowest BCUT2D eigenvalue weighted by Gasteiger charge is -2.08. The number of aromatic nitrogens is 4. The first kappa shape index (κ1) is 17.8. The summed E-state index contributed by atoms with van der Waals surface area (Å²) in [6.07, 6.45) is -1.25. The summed E-state index contributed by atoms with van der Waals surface area (Å²) in [5.41, 5.74) is 0.304. The molecular weight excluding hydrogens is 359 g/mol. The molecule has 0 atom stereocenters. The number of nitrogens with zero attached hydrogens (tertiary/aromatic N) is 4. The predicted molar refractivity (Wildman–Crippen MR) is 83.9 cm³/mol. The number of hydrogen-bond acceptors (Lipinski definition) is 3. The average molecular weight is 376 g/mol. The third-order valence-electron chi connectivity index (χ3n) is 4.11. The zero-order valence-electron chi connectivity index (χ0n) is 13.5. The molecule has 2 aromatic rings. The van der Waals surface area contributed by atoms with Crippen LogP contribution < -0.4 is 5.32 Å². The van der Waals surface area contributed by atoms with E-state index in [2.05, 4.69) is 15.5 Å². The van der Waals surface area contributed by atoms with Gasteiger partial charge in [0.15, 0.2) is 5.69 Å². The van der Waals surface area contributed by atoms with Gasteiger partial charge in [-0.2, -0.15) is 23.4 Å². The Hall–Kier alpha value is -2.03. The SMILES string of the molecule is Cn1ncc(Cl)c1CNC(=O)CCn1nc(C(F)(F)F)cc1C1CC1. The topological polar surface area (TPSA) is 64.7 Å². The molecule has 0 aromatic carbocycles. The lowest BCUT2D eigenvalue weighted by Crippen LogP contribution is -2.25. The van der Waals surface area contributed by atoms with Crippen molar-refractivity contribution >= 4 is 17.5 Å². The summed E-state index contributed by atoms with van der Waals surface area (Å²) in [5.74, 6) is -0.178. The summed E-state index contributed by atoms with van der Waals surface area (Å²) in [6.45, 7) is 0.309. The number of nitrogens with one attached hydrogen (secondary N) is 1. The normalized spacial score (nSPS) is 14.8. The van der Waals surface area contributed by atoms with Gasteiger partial charge in [0.1, 0.15) is 0 Å². The van der Waals surface area contributed by atoms with E-state index in [0.717, 1.165) is 18.9 Å². The Morgan fingerprint density at radius 2 is 2.16 bits per heavy atom. The van der Waals surface area contributed by atoms with E-state index in [9.17, 15) is 18.0 Å². The number of halogens is 4. The maximum atomic E-state index is 12.8. The molecule has 1 N–H and O–H groups in total. The second-order valence-corrected chi connectivity index (χ2v) is 6.45. The number of carbonyl (C=O) groups is 1. The van der Waals surface area contributed by atoms with Crippen LogP contribution in [-0.4, -0.2) is 25.5 Å². The van der Waals surface area contributed by atoms with Crippen LogP contribution in [-0.2, 0) is 31.1 Å². The van der Waals surface area contributed by atoms with Gasteiger partial charge in [-0.25, -0.2) is 0 Å². The number of carbonyl (C=O) groups excluding carboxylic acids is 1. The quantitative estimate of drug-likeness (QED) is 0.844. The van der Waals surface area contributed by atoms with Crippen LogP contribution in [0, 0.1) is 0 Å². The molecule has 6 nitrogen and oxygen atoms in total. The van der Waals surface area contributed by atoms with E-state index in [1.807, 2.05) is 0 Å². The number of alkyl halides is 3. The van der Waals surface area contributed by atoms with Crippen molar-refractivity contribution in [2.24, 2.45) is 7.05 Å². The Balaban J connectivity index is 1.59.